The molecule has 130 valence electrons. The lowest BCUT2D eigenvalue weighted by atomic mass is 10.1. The predicted octanol–water partition coefficient (Wildman–Crippen LogP) is 3.19. The van der Waals surface area contributed by atoms with E-state index in [1.54, 1.807) is 24.3 Å². The molecule has 0 atom stereocenters. The SMILES string of the molecule is O=C(Nc1ccc[nH]c1=O)c1ccc(CN2CCc3ccccc32)cc1. The summed E-state index contributed by atoms with van der Waals surface area (Å²) in [6, 6.07) is 19.2. The van der Waals surface area contributed by atoms with Crippen LogP contribution in [0.25, 0.3) is 0 Å². The molecule has 0 fully saturated rings. The smallest absolute Gasteiger partial charge is 0.271 e. The predicted molar refractivity (Wildman–Crippen MR) is 103 cm³/mol. The van der Waals surface area contributed by atoms with Crippen molar-refractivity contribution in [3.8, 4) is 0 Å². The van der Waals surface area contributed by atoms with E-state index < -0.39 is 0 Å². The molecule has 2 N–H and O–H groups in total. The van der Waals surface area contributed by atoms with Gasteiger partial charge in [0.2, 0.25) is 0 Å². The van der Waals surface area contributed by atoms with Crippen molar-refractivity contribution in [3.63, 3.8) is 0 Å². The van der Waals surface area contributed by atoms with Gasteiger partial charge in [-0.25, -0.2) is 0 Å². The third-order valence-corrected chi connectivity index (χ3v) is 4.64. The summed E-state index contributed by atoms with van der Waals surface area (Å²) in [4.78, 5) is 28.9. The zero-order valence-corrected chi connectivity index (χ0v) is 14.2. The summed E-state index contributed by atoms with van der Waals surface area (Å²) < 4.78 is 0. The Morgan fingerprint density at radius 2 is 1.85 bits per heavy atom. The number of benzene rings is 2. The molecule has 2 heterocycles. The maximum Gasteiger partial charge on any atom is 0.271 e. The number of nitrogens with zero attached hydrogens (tertiary/aromatic N) is 1. The molecule has 0 radical (unpaired) electrons. The minimum atomic E-state index is -0.315. The molecule has 1 aliphatic heterocycles. The zero-order chi connectivity index (χ0) is 17.9. The van der Waals surface area contributed by atoms with Gasteiger partial charge < -0.3 is 15.2 Å². The van der Waals surface area contributed by atoms with Gasteiger partial charge in [0.1, 0.15) is 5.69 Å². The molecule has 1 aromatic heterocycles. The van der Waals surface area contributed by atoms with Crippen molar-refractivity contribution >= 4 is 17.3 Å². The number of hydrogen-bond acceptors (Lipinski definition) is 3. The summed E-state index contributed by atoms with van der Waals surface area (Å²) in [5.41, 5.74) is 4.28. The molecule has 0 unspecified atom stereocenters. The van der Waals surface area contributed by atoms with Gasteiger partial charge in [-0.2, -0.15) is 0 Å². The average molecular weight is 345 g/mol. The van der Waals surface area contributed by atoms with Crippen LogP contribution in [0, 0.1) is 0 Å². The Balaban J connectivity index is 1.45. The number of pyridine rings is 1. The summed E-state index contributed by atoms with van der Waals surface area (Å²) in [6.07, 6.45) is 2.60. The van der Waals surface area contributed by atoms with Crippen LogP contribution in [0.4, 0.5) is 11.4 Å². The maximum atomic E-state index is 12.3. The first kappa shape index (κ1) is 16.1. The highest BCUT2D eigenvalue weighted by molar-refractivity contribution is 6.04. The molecule has 0 aliphatic carbocycles. The lowest BCUT2D eigenvalue weighted by molar-refractivity contribution is 0.102. The first-order valence-electron chi connectivity index (χ1n) is 8.61. The topological polar surface area (TPSA) is 65.2 Å². The molecule has 0 saturated carbocycles. The van der Waals surface area contributed by atoms with Crippen LogP contribution < -0.4 is 15.8 Å². The first-order chi connectivity index (χ1) is 12.7. The zero-order valence-electron chi connectivity index (χ0n) is 14.2. The number of aromatic nitrogens is 1. The molecular weight excluding hydrogens is 326 g/mol. The Labute approximate surface area is 151 Å². The van der Waals surface area contributed by atoms with E-state index in [9.17, 15) is 9.59 Å². The van der Waals surface area contributed by atoms with Crippen LogP contribution in [-0.4, -0.2) is 17.4 Å². The second-order valence-electron chi connectivity index (χ2n) is 6.36. The van der Waals surface area contributed by atoms with Crippen LogP contribution in [0.3, 0.4) is 0 Å². The van der Waals surface area contributed by atoms with Gasteiger partial charge in [0.05, 0.1) is 0 Å². The van der Waals surface area contributed by atoms with Crippen LogP contribution in [0.2, 0.25) is 0 Å². The minimum Gasteiger partial charge on any atom is -0.367 e. The molecule has 5 heteroatoms. The van der Waals surface area contributed by atoms with E-state index in [0.29, 0.717) is 5.56 Å². The second kappa shape index (κ2) is 6.88. The average Bonchev–Trinajstić information content (AvgIpc) is 3.07. The van der Waals surface area contributed by atoms with Crippen molar-refractivity contribution in [2.24, 2.45) is 0 Å². The molecule has 3 aromatic rings. The Morgan fingerprint density at radius 3 is 2.65 bits per heavy atom. The molecular formula is C21H19N3O2. The highest BCUT2D eigenvalue weighted by Crippen LogP contribution is 2.28. The van der Waals surface area contributed by atoms with E-state index in [1.165, 1.54) is 17.4 Å². The quantitative estimate of drug-likeness (QED) is 0.763. The number of H-pyrrole nitrogens is 1. The van der Waals surface area contributed by atoms with Gasteiger partial charge in [0, 0.05) is 30.5 Å². The third-order valence-electron chi connectivity index (χ3n) is 4.64. The van der Waals surface area contributed by atoms with Crippen molar-refractivity contribution < 1.29 is 4.79 Å². The second-order valence-corrected chi connectivity index (χ2v) is 6.36. The highest BCUT2D eigenvalue weighted by atomic mass is 16.2. The molecule has 4 rings (SSSR count). The number of para-hydroxylation sites is 1. The van der Waals surface area contributed by atoms with E-state index in [0.717, 1.165) is 25.1 Å². The van der Waals surface area contributed by atoms with Crippen LogP contribution in [0.5, 0.6) is 0 Å². The number of aromatic amines is 1. The first-order valence-corrected chi connectivity index (χ1v) is 8.61. The van der Waals surface area contributed by atoms with E-state index in [4.69, 9.17) is 0 Å². The monoisotopic (exact) mass is 345 g/mol. The van der Waals surface area contributed by atoms with E-state index in [2.05, 4.69) is 39.5 Å². The normalized spacial score (nSPS) is 12.7. The van der Waals surface area contributed by atoms with Crippen LogP contribution in [-0.2, 0) is 13.0 Å². The number of hydrogen-bond donors (Lipinski definition) is 2. The fraction of sp³-hybridized carbons (Fsp3) is 0.143. The summed E-state index contributed by atoms with van der Waals surface area (Å²) in [7, 11) is 0. The fourth-order valence-electron chi connectivity index (χ4n) is 3.27. The summed E-state index contributed by atoms with van der Waals surface area (Å²) in [6.45, 7) is 1.83. The van der Waals surface area contributed by atoms with Crippen LogP contribution in [0.1, 0.15) is 21.5 Å². The summed E-state index contributed by atoms with van der Waals surface area (Å²) in [5.74, 6) is -0.292. The van der Waals surface area contributed by atoms with Crippen molar-refractivity contribution in [1.82, 2.24) is 4.98 Å². The molecule has 0 bridgehead atoms. The number of carbonyl (C=O) groups is 1. The van der Waals surface area contributed by atoms with E-state index in [1.807, 2.05) is 12.1 Å². The van der Waals surface area contributed by atoms with Gasteiger partial charge in [0.15, 0.2) is 0 Å². The Hall–Kier alpha value is -3.34. The Kier molecular flexibility index (Phi) is 4.27. The Bertz CT molecular complexity index is 992. The van der Waals surface area contributed by atoms with Crippen molar-refractivity contribution in [2.75, 3.05) is 16.8 Å². The largest absolute Gasteiger partial charge is 0.367 e. The van der Waals surface area contributed by atoms with Gasteiger partial charge in [-0.05, 0) is 47.9 Å². The van der Waals surface area contributed by atoms with Gasteiger partial charge in [-0.1, -0.05) is 30.3 Å². The number of amides is 1. The number of anilines is 2. The van der Waals surface area contributed by atoms with E-state index >= 15 is 0 Å². The van der Waals surface area contributed by atoms with Crippen molar-refractivity contribution in [2.45, 2.75) is 13.0 Å². The molecule has 2 aromatic carbocycles. The minimum absolute atomic E-state index is 0.246. The summed E-state index contributed by atoms with van der Waals surface area (Å²) in [5, 5.41) is 2.64. The van der Waals surface area contributed by atoms with Gasteiger partial charge in [-0.15, -0.1) is 0 Å². The van der Waals surface area contributed by atoms with E-state index in [-0.39, 0.29) is 17.2 Å². The Morgan fingerprint density at radius 1 is 1.04 bits per heavy atom. The number of nitrogens with one attached hydrogen (secondary N) is 2. The van der Waals surface area contributed by atoms with Gasteiger partial charge >= 0.3 is 0 Å². The standard InChI is InChI=1S/C21H19N3O2/c25-20(23-18-5-3-12-22-21(18)26)17-9-7-15(8-10-17)14-24-13-11-16-4-1-2-6-19(16)24/h1-10,12H,11,13-14H2,(H,22,26)(H,23,25). The maximum absolute atomic E-state index is 12.3. The number of rotatable bonds is 4. The fourth-order valence-corrected chi connectivity index (χ4v) is 3.27. The molecule has 1 amide bonds. The third kappa shape index (κ3) is 3.24. The number of fused-ring (bicyclic) bond motifs is 1. The lowest BCUT2D eigenvalue weighted by Crippen LogP contribution is -2.20. The number of carbonyl (C=O) groups excluding carboxylic acids is 1. The van der Waals surface area contributed by atoms with Gasteiger partial charge in [-0.3, -0.25) is 9.59 Å². The molecule has 5 nitrogen and oxygen atoms in total. The lowest BCUT2D eigenvalue weighted by Gasteiger charge is -2.19. The molecule has 0 saturated heterocycles. The molecule has 26 heavy (non-hydrogen) atoms. The molecule has 1 aliphatic rings. The molecule has 0 spiro atoms. The van der Waals surface area contributed by atoms with Crippen molar-refractivity contribution in [3.05, 3.63) is 93.9 Å². The van der Waals surface area contributed by atoms with Crippen LogP contribution in [0.15, 0.2) is 71.7 Å². The summed E-state index contributed by atoms with van der Waals surface area (Å²) >= 11 is 0. The van der Waals surface area contributed by atoms with Crippen molar-refractivity contribution in [1.29, 1.82) is 0 Å². The highest BCUT2D eigenvalue weighted by Gasteiger charge is 2.18. The van der Waals surface area contributed by atoms with Crippen LogP contribution >= 0.6 is 0 Å². The van der Waals surface area contributed by atoms with Gasteiger partial charge in [0.25, 0.3) is 11.5 Å².